The van der Waals surface area contributed by atoms with Crippen LogP contribution in [0.5, 0.6) is 11.5 Å². The smallest absolute Gasteiger partial charge is 0.407 e. The number of amides is 1. The minimum absolute atomic E-state index is 0.00338. The predicted octanol–water partition coefficient (Wildman–Crippen LogP) is 11.9. The third-order valence-corrected chi connectivity index (χ3v) is 15.9. The first-order valence-corrected chi connectivity index (χ1v) is 23.1. The number of nitrogens with one attached hydrogen (secondary N) is 1. The molecule has 1 aliphatic rings. The van der Waals surface area contributed by atoms with E-state index in [0.717, 1.165) is 62.3 Å². The van der Waals surface area contributed by atoms with Gasteiger partial charge in [-0.25, -0.2) is 19.6 Å². The number of carbonyl (C=O) groups excluding carboxylic acids is 2. The number of nitrogens with zero attached hydrogens (tertiary/aromatic N) is 2. The summed E-state index contributed by atoms with van der Waals surface area (Å²) < 4.78 is 27.2. The number of thioether (sulfide) groups is 1. The fourth-order valence-electron chi connectivity index (χ4n) is 6.40. The van der Waals surface area contributed by atoms with Gasteiger partial charge < -0.3 is 24.3 Å². The number of ether oxygens (including phenoxy) is 4. The molecule has 9 nitrogen and oxygen atoms in total. The van der Waals surface area contributed by atoms with Crippen LogP contribution in [0, 0.1) is 5.41 Å². The molecule has 300 valence electrons. The second-order valence-corrected chi connectivity index (χ2v) is 19.0. The standard InChI is InChI=1S/C45H39N3O6S5/c1-4-39(49)52-22-21-46-43(50)54-26-45(5-2,27-55-44-48-32-15-7-9-17-35(32)59-44)25-53-40-30(29-13-12-20-38-41(29)57-37-19-11-10-18-36(37)56-38)23-28(24-33(40)51-3)42-47-31-14-6-8-16-34(31)58-42/h4,6-20,23-24H,1,5,21-22,25-27H2,2-3H3,(H,46,50). The Bertz CT molecular complexity index is 2600. The highest BCUT2D eigenvalue weighted by Gasteiger charge is 2.34. The average Bonchev–Trinajstić information content (AvgIpc) is 3.91. The molecule has 0 radical (unpaired) electrons. The van der Waals surface area contributed by atoms with E-state index in [1.54, 1.807) is 65.1 Å². The van der Waals surface area contributed by atoms with Gasteiger partial charge in [-0.05, 0) is 61.0 Å². The third-order valence-electron chi connectivity index (χ3n) is 9.71. The van der Waals surface area contributed by atoms with Gasteiger partial charge in [0.15, 0.2) is 15.8 Å². The van der Waals surface area contributed by atoms with Crippen molar-refractivity contribution in [3.05, 3.63) is 116 Å². The second-order valence-electron chi connectivity index (χ2n) is 13.6. The number of methoxy groups -OCH3 is 1. The van der Waals surface area contributed by atoms with Crippen molar-refractivity contribution in [2.75, 3.05) is 39.2 Å². The number of hydrogen-bond donors (Lipinski definition) is 1. The van der Waals surface area contributed by atoms with E-state index in [1.807, 2.05) is 42.5 Å². The van der Waals surface area contributed by atoms with Crippen molar-refractivity contribution in [3.63, 3.8) is 0 Å². The van der Waals surface area contributed by atoms with Gasteiger partial charge in [0.1, 0.15) is 18.2 Å². The van der Waals surface area contributed by atoms with Crippen LogP contribution in [-0.4, -0.2) is 61.3 Å². The van der Waals surface area contributed by atoms with Gasteiger partial charge in [-0.3, -0.25) is 0 Å². The maximum absolute atomic E-state index is 13.0. The van der Waals surface area contributed by atoms with Crippen molar-refractivity contribution in [1.82, 2.24) is 15.3 Å². The van der Waals surface area contributed by atoms with Gasteiger partial charge in [0.2, 0.25) is 0 Å². The Labute approximate surface area is 362 Å². The van der Waals surface area contributed by atoms with Gasteiger partial charge in [-0.1, -0.05) is 97.3 Å². The van der Waals surface area contributed by atoms with Crippen molar-refractivity contribution in [3.8, 4) is 33.2 Å². The van der Waals surface area contributed by atoms with Gasteiger partial charge in [0.05, 0.1) is 40.7 Å². The Kier molecular flexibility index (Phi) is 12.8. The topological polar surface area (TPSA) is 109 Å². The highest BCUT2D eigenvalue weighted by Crippen LogP contribution is 2.54. The minimum atomic E-state index is -0.650. The summed E-state index contributed by atoms with van der Waals surface area (Å²) in [7, 11) is 1.66. The number of para-hydroxylation sites is 2. The van der Waals surface area contributed by atoms with Crippen LogP contribution >= 0.6 is 58.0 Å². The maximum Gasteiger partial charge on any atom is 0.407 e. The summed E-state index contributed by atoms with van der Waals surface area (Å²) in [6.07, 6.45) is 1.09. The first-order valence-electron chi connectivity index (χ1n) is 18.8. The molecule has 59 heavy (non-hydrogen) atoms. The summed E-state index contributed by atoms with van der Waals surface area (Å²) in [5, 5.41) is 3.56. The van der Waals surface area contributed by atoms with E-state index in [9.17, 15) is 9.59 Å². The Morgan fingerprint density at radius 2 is 1.53 bits per heavy atom. The number of aromatic nitrogens is 2. The first kappa shape index (κ1) is 40.8. The van der Waals surface area contributed by atoms with E-state index in [1.165, 1.54) is 9.79 Å². The molecule has 1 unspecified atom stereocenters. The van der Waals surface area contributed by atoms with Gasteiger partial charge in [0, 0.05) is 53.5 Å². The number of rotatable bonds is 16. The zero-order valence-corrected chi connectivity index (χ0v) is 36.3. The van der Waals surface area contributed by atoms with E-state index in [0.29, 0.717) is 23.7 Å². The summed E-state index contributed by atoms with van der Waals surface area (Å²) in [6, 6.07) is 35.2. The normalized spacial score (nSPS) is 12.9. The van der Waals surface area contributed by atoms with Crippen LogP contribution < -0.4 is 14.8 Å². The van der Waals surface area contributed by atoms with Gasteiger partial charge in [0.25, 0.3) is 0 Å². The minimum Gasteiger partial charge on any atom is -0.493 e. The molecule has 14 heteroatoms. The zero-order chi connectivity index (χ0) is 40.8. The van der Waals surface area contributed by atoms with E-state index in [-0.39, 0.29) is 26.4 Å². The highest BCUT2D eigenvalue weighted by atomic mass is 32.2. The van der Waals surface area contributed by atoms with Gasteiger partial charge in [-0.2, -0.15) is 0 Å². The number of thiazole rings is 2. The quantitative estimate of drug-likeness (QED) is 0.0434. The monoisotopic (exact) mass is 877 g/mol. The second kappa shape index (κ2) is 18.5. The van der Waals surface area contributed by atoms with Crippen LogP contribution in [-0.2, 0) is 14.3 Å². The molecule has 0 saturated heterocycles. The molecular weight excluding hydrogens is 839 g/mol. The predicted molar refractivity (Wildman–Crippen MR) is 241 cm³/mol. The highest BCUT2D eigenvalue weighted by molar-refractivity contribution is 8.05. The number of fused-ring (bicyclic) bond motifs is 4. The van der Waals surface area contributed by atoms with Crippen LogP contribution in [0.15, 0.2) is 140 Å². The van der Waals surface area contributed by atoms with E-state index in [4.69, 9.17) is 28.9 Å². The lowest BCUT2D eigenvalue weighted by atomic mass is 9.89. The Morgan fingerprint density at radius 3 is 2.25 bits per heavy atom. The summed E-state index contributed by atoms with van der Waals surface area (Å²) >= 11 is 8.41. The SMILES string of the molecule is C=CC(=O)OCCNC(=O)OCC(CC)(COc1c(OC)cc(-c2nc3ccccc3s2)cc1-c1cccc2c1Sc1ccccc1S2)CSc1nc2ccccc2s1. The lowest BCUT2D eigenvalue weighted by molar-refractivity contribution is -0.137. The lowest BCUT2D eigenvalue weighted by Crippen LogP contribution is -2.39. The molecule has 1 N–H and O–H groups in total. The largest absolute Gasteiger partial charge is 0.493 e. The molecule has 1 amide bonds. The van der Waals surface area contributed by atoms with E-state index < -0.39 is 17.5 Å². The Balaban J connectivity index is 1.15. The van der Waals surface area contributed by atoms with Crippen molar-refractivity contribution < 1.29 is 28.5 Å². The van der Waals surface area contributed by atoms with Crippen molar-refractivity contribution in [2.24, 2.45) is 5.41 Å². The molecule has 0 spiro atoms. The fourth-order valence-corrected chi connectivity index (χ4v) is 12.1. The molecule has 0 fully saturated rings. The third kappa shape index (κ3) is 9.27. The number of carbonyl (C=O) groups is 2. The number of alkyl carbamates (subject to hydrolysis) is 1. The summed E-state index contributed by atoms with van der Waals surface area (Å²) in [5.41, 5.74) is 4.04. The van der Waals surface area contributed by atoms with Crippen LogP contribution in [0.4, 0.5) is 4.79 Å². The van der Waals surface area contributed by atoms with Crippen LogP contribution in [0.25, 0.3) is 42.1 Å². The van der Waals surface area contributed by atoms with Crippen molar-refractivity contribution >= 4 is 90.5 Å². The zero-order valence-electron chi connectivity index (χ0n) is 32.2. The summed E-state index contributed by atoms with van der Waals surface area (Å²) in [6.45, 7) is 5.83. The van der Waals surface area contributed by atoms with Gasteiger partial charge >= 0.3 is 12.1 Å². The molecule has 8 rings (SSSR count). The number of hydrogen-bond acceptors (Lipinski definition) is 13. The molecule has 3 heterocycles. The van der Waals surface area contributed by atoms with Crippen LogP contribution in [0.2, 0.25) is 0 Å². The summed E-state index contributed by atoms with van der Waals surface area (Å²) in [4.78, 5) is 39.1. The van der Waals surface area contributed by atoms with Crippen molar-refractivity contribution in [1.29, 1.82) is 0 Å². The van der Waals surface area contributed by atoms with Crippen molar-refractivity contribution in [2.45, 2.75) is 37.3 Å². The number of esters is 1. The number of benzene rings is 5. The molecular formula is C45H39N3O6S5. The fraction of sp³-hybridized carbons (Fsp3) is 0.200. The van der Waals surface area contributed by atoms with Crippen LogP contribution in [0.1, 0.15) is 13.3 Å². The average molecular weight is 878 g/mol. The van der Waals surface area contributed by atoms with E-state index >= 15 is 0 Å². The van der Waals surface area contributed by atoms with E-state index in [2.05, 4.69) is 79.5 Å². The molecule has 5 aromatic carbocycles. The molecule has 2 aromatic heterocycles. The van der Waals surface area contributed by atoms with Crippen LogP contribution in [0.3, 0.4) is 0 Å². The summed E-state index contributed by atoms with van der Waals surface area (Å²) in [5.74, 6) is 1.15. The molecule has 0 saturated carbocycles. The molecule has 7 aromatic rings. The molecule has 1 aliphatic heterocycles. The molecule has 1 atom stereocenters. The molecule has 0 bridgehead atoms. The molecule has 0 aliphatic carbocycles. The van der Waals surface area contributed by atoms with Gasteiger partial charge in [-0.15, -0.1) is 22.7 Å². The first-order chi connectivity index (χ1) is 28.8. The Hall–Kier alpha value is -4.99. The maximum atomic E-state index is 13.0. The Morgan fingerprint density at radius 1 is 0.814 bits per heavy atom. The lowest BCUT2D eigenvalue weighted by Gasteiger charge is -2.32.